The average Bonchev–Trinajstić information content (AvgIpc) is 2.68. The number of fused-ring (bicyclic) bond motifs is 1. The van der Waals surface area contributed by atoms with Gasteiger partial charge in [-0.3, -0.25) is 0 Å². The fourth-order valence-corrected chi connectivity index (χ4v) is 3.65. The Bertz CT molecular complexity index is 368. The minimum Gasteiger partial charge on any atom is -0.390 e. The smallest absolute Gasteiger partial charge is 0.106 e. The van der Waals surface area contributed by atoms with Crippen LogP contribution in [0.5, 0.6) is 0 Å². The van der Waals surface area contributed by atoms with Gasteiger partial charge in [0.25, 0.3) is 0 Å². The third-order valence-electron chi connectivity index (χ3n) is 4.53. The first-order valence-corrected chi connectivity index (χ1v) is 6.71. The van der Waals surface area contributed by atoms with Gasteiger partial charge >= 0.3 is 0 Å². The first-order chi connectivity index (χ1) is 8.64. The molecule has 18 heavy (non-hydrogen) atoms. The van der Waals surface area contributed by atoms with Gasteiger partial charge in [-0.25, -0.2) is 0 Å². The van der Waals surface area contributed by atoms with Crippen LogP contribution in [0, 0.1) is 11.3 Å². The highest BCUT2D eigenvalue weighted by atomic mass is 16.6. The van der Waals surface area contributed by atoms with Crippen LogP contribution in [0.2, 0.25) is 0 Å². The van der Waals surface area contributed by atoms with E-state index in [4.69, 9.17) is 14.7 Å². The van der Waals surface area contributed by atoms with E-state index in [1.807, 2.05) is 0 Å². The molecule has 0 radical (unpaired) electrons. The van der Waals surface area contributed by atoms with Crippen molar-refractivity contribution in [1.29, 1.82) is 5.26 Å². The highest BCUT2D eigenvalue weighted by molar-refractivity contribution is 5.09. The molecule has 3 rings (SSSR count). The van der Waals surface area contributed by atoms with Gasteiger partial charge in [0.2, 0.25) is 0 Å². The summed E-state index contributed by atoms with van der Waals surface area (Å²) in [6.07, 6.45) is 2.38. The van der Waals surface area contributed by atoms with Crippen LogP contribution in [0.1, 0.15) is 38.5 Å². The lowest BCUT2D eigenvalue weighted by Gasteiger charge is -2.44. The van der Waals surface area contributed by atoms with Crippen molar-refractivity contribution in [2.45, 2.75) is 74.6 Å². The summed E-state index contributed by atoms with van der Waals surface area (Å²) < 4.78 is 12.0. The van der Waals surface area contributed by atoms with Crippen LogP contribution in [-0.2, 0) is 9.47 Å². The molecular weight excluding hydrogens is 234 g/mol. The molecule has 2 heterocycles. The van der Waals surface area contributed by atoms with Crippen LogP contribution >= 0.6 is 0 Å². The van der Waals surface area contributed by atoms with Crippen molar-refractivity contribution in [2.24, 2.45) is 0 Å². The van der Waals surface area contributed by atoms with Crippen molar-refractivity contribution in [1.82, 2.24) is 0 Å². The van der Waals surface area contributed by atoms with E-state index in [1.54, 1.807) is 0 Å². The molecule has 0 aromatic rings. The van der Waals surface area contributed by atoms with E-state index in [0.29, 0.717) is 19.3 Å². The van der Waals surface area contributed by atoms with E-state index >= 15 is 0 Å². The first kappa shape index (κ1) is 12.4. The Balaban J connectivity index is 1.74. The standard InChI is InChI=1S/C13H19NO4/c14-5-1-2-8-3-4-11-13(18-8)6-9(15)12(16)10(7-13)17-11/h8-12,15-16H,1-4,6-7H2/t8?,9-,10-,11+,12-,13+/m1/s1. The van der Waals surface area contributed by atoms with Gasteiger partial charge in [-0.05, 0) is 19.3 Å². The third kappa shape index (κ3) is 1.84. The summed E-state index contributed by atoms with van der Waals surface area (Å²) in [5, 5.41) is 28.4. The maximum Gasteiger partial charge on any atom is 0.106 e. The van der Waals surface area contributed by atoms with Crippen LogP contribution in [0.25, 0.3) is 0 Å². The third-order valence-corrected chi connectivity index (χ3v) is 4.53. The number of aliphatic hydroxyl groups is 2. The van der Waals surface area contributed by atoms with E-state index in [1.165, 1.54) is 0 Å². The molecule has 100 valence electrons. The number of hydrogen-bond donors (Lipinski definition) is 2. The second kappa shape index (κ2) is 4.46. The van der Waals surface area contributed by atoms with Gasteiger partial charge in [0, 0.05) is 19.3 Å². The number of hydrogen-bond acceptors (Lipinski definition) is 5. The zero-order valence-corrected chi connectivity index (χ0v) is 10.3. The maximum atomic E-state index is 9.89. The van der Waals surface area contributed by atoms with Gasteiger partial charge in [0.15, 0.2) is 0 Å². The SMILES string of the molecule is N#CCCC1CC[C@@H]2O[C@@H]3C[C@]2(C[C@@H](O)[C@H]3O)O1. The second-order valence-electron chi connectivity index (χ2n) is 5.71. The molecular formula is C13H19NO4. The average molecular weight is 253 g/mol. The Morgan fingerprint density at radius 3 is 2.89 bits per heavy atom. The molecule has 0 amide bonds. The fourth-order valence-electron chi connectivity index (χ4n) is 3.65. The lowest BCUT2D eigenvalue weighted by molar-refractivity contribution is -0.178. The molecule has 0 aromatic heterocycles. The Morgan fingerprint density at radius 2 is 2.11 bits per heavy atom. The Morgan fingerprint density at radius 1 is 1.28 bits per heavy atom. The van der Waals surface area contributed by atoms with Gasteiger partial charge in [-0.15, -0.1) is 0 Å². The van der Waals surface area contributed by atoms with Crippen molar-refractivity contribution < 1.29 is 19.7 Å². The van der Waals surface area contributed by atoms with Crippen LogP contribution in [0.15, 0.2) is 0 Å². The van der Waals surface area contributed by atoms with E-state index in [-0.39, 0.29) is 18.3 Å². The summed E-state index contributed by atoms with van der Waals surface area (Å²) >= 11 is 0. The molecule has 5 heteroatoms. The summed E-state index contributed by atoms with van der Waals surface area (Å²) in [5.41, 5.74) is -0.429. The molecule has 1 spiro atoms. The number of rotatable bonds is 2. The summed E-state index contributed by atoms with van der Waals surface area (Å²) in [6.45, 7) is 0. The van der Waals surface area contributed by atoms with Crippen molar-refractivity contribution in [2.75, 3.05) is 0 Å². The predicted molar refractivity (Wildman–Crippen MR) is 61.6 cm³/mol. The second-order valence-corrected chi connectivity index (χ2v) is 5.71. The molecule has 2 aliphatic heterocycles. The molecule has 2 N–H and O–H groups in total. The lowest BCUT2D eigenvalue weighted by atomic mass is 9.76. The van der Waals surface area contributed by atoms with Gasteiger partial charge < -0.3 is 19.7 Å². The van der Waals surface area contributed by atoms with Gasteiger partial charge in [-0.2, -0.15) is 5.26 Å². The first-order valence-electron chi connectivity index (χ1n) is 6.71. The summed E-state index contributed by atoms with van der Waals surface area (Å²) in [6, 6.07) is 2.14. The van der Waals surface area contributed by atoms with E-state index in [2.05, 4.69) is 6.07 Å². The predicted octanol–water partition coefficient (Wildman–Crippen LogP) is 0.491. The zero-order chi connectivity index (χ0) is 12.8. The molecule has 2 bridgehead atoms. The molecule has 6 atom stereocenters. The summed E-state index contributed by atoms with van der Waals surface area (Å²) in [4.78, 5) is 0. The van der Waals surface area contributed by atoms with Gasteiger partial charge in [-0.1, -0.05) is 0 Å². The van der Waals surface area contributed by atoms with E-state index in [9.17, 15) is 10.2 Å². The number of aliphatic hydroxyl groups excluding tert-OH is 2. The largest absolute Gasteiger partial charge is 0.390 e. The van der Waals surface area contributed by atoms with Crippen molar-refractivity contribution in [3.63, 3.8) is 0 Å². The highest BCUT2D eigenvalue weighted by Gasteiger charge is 2.59. The molecule has 2 saturated heterocycles. The fraction of sp³-hybridized carbons (Fsp3) is 0.923. The topological polar surface area (TPSA) is 82.7 Å². The Hall–Kier alpha value is -0.670. The molecule has 1 saturated carbocycles. The number of nitrogens with zero attached hydrogens (tertiary/aromatic N) is 1. The molecule has 3 aliphatic rings. The lowest BCUT2D eigenvalue weighted by Crippen LogP contribution is -2.54. The molecule has 1 unspecified atom stereocenters. The van der Waals surface area contributed by atoms with E-state index in [0.717, 1.165) is 19.3 Å². The van der Waals surface area contributed by atoms with Crippen LogP contribution < -0.4 is 0 Å². The zero-order valence-electron chi connectivity index (χ0n) is 10.3. The molecule has 5 nitrogen and oxygen atoms in total. The number of nitriles is 1. The molecule has 1 aliphatic carbocycles. The Labute approximate surface area is 106 Å². The molecule has 3 fully saturated rings. The maximum absolute atomic E-state index is 9.89. The van der Waals surface area contributed by atoms with Gasteiger partial charge in [0.1, 0.15) is 6.10 Å². The monoisotopic (exact) mass is 253 g/mol. The van der Waals surface area contributed by atoms with Crippen LogP contribution in [-0.4, -0.2) is 46.3 Å². The van der Waals surface area contributed by atoms with Gasteiger partial charge in [0.05, 0.1) is 36.1 Å². The minimum atomic E-state index is -0.789. The quantitative estimate of drug-likeness (QED) is 0.748. The van der Waals surface area contributed by atoms with E-state index < -0.39 is 17.8 Å². The molecule has 0 aromatic carbocycles. The minimum absolute atomic E-state index is 0.00682. The normalized spacial score (nSPS) is 50.6. The summed E-state index contributed by atoms with van der Waals surface area (Å²) in [5.74, 6) is 0. The van der Waals surface area contributed by atoms with Crippen molar-refractivity contribution in [3.05, 3.63) is 0 Å². The Kier molecular flexibility index (Phi) is 3.07. The highest BCUT2D eigenvalue weighted by Crippen LogP contribution is 2.49. The van der Waals surface area contributed by atoms with Crippen molar-refractivity contribution >= 4 is 0 Å². The van der Waals surface area contributed by atoms with Crippen molar-refractivity contribution in [3.8, 4) is 6.07 Å². The van der Waals surface area contributed by atoms with Crippen LogP contribution in [0.3, 0.4) is 0 Å². The number of ether oxygens (including phenoxy) is 2. The van der Waals surface area contributed by atoms with Crippen LogP contribution in [0.4, 0.5) is 0 Å². The summed E-state index contributed by atoms with van der Waals surface area (Å²) in [7, 11) is 0.